The number of aliphatic hydroxyl groups is 1. The molecule has 1 fully saturated rings. The largest absolute Gasteiger partial charge is 0.391 e. The third-order valence-corrected chi connectivity index (χ3v) is 4.69. The lowest BCUT2D eigenvalue weighted by atomic mass is 10.1. The Balaban J connectivity index is 2.22. The summed E-state index contributed by atoms with van der Waals surface area (Å²) in [4.78, 5) is 7.87. The summed E-state index contributed by atoms with van der Waals surface area (Å²) < 4.78 is 5.60. The molecule has 2 heterocycles. The standard InChI is InChI=1S/C13H22N2O2S/c1-8(2)12-11(7-16)18-13(14-12)15(4)10-5-6-17-9(10)3/h8-10,16H,5-7H2,1-4H3. The lowest BCUT2D eigenvalue weighted by molar-refractivity contribution is 0.118. The minimum absolute atomic E-state index is 0.0791. The summed E-state index contributed by atoms with van der Waals surface area (Å²) in [6.45, 7) is 7.23. The van der Waals surface area contributed by atoms with Crippen molar-refractivity contribution in [3.05, 3.63) is 10.6 Å². The fourth-order valence-corrected chi connectivity index (χ4v) is 3.53. The molecule has 102 valence electrons. The van der Waals surface area contributed by atoms with Crippen molar-refractivity contribution >= 4 is 16.5 Å². The second kappa shape index (κ2) is 5.55. The van der Waals surface area contributed by atoms with E-state index < -0.39 is 0 Å². The summed E-state index contributed by atoms with van der Waals surface area (Å²) in [6, 6.07) is 0.391. The first-order chi connectivity index (χ1) is 8.54. The van der Waals surface area contributed by atoms with Gasteiger partial charge in [-0.3, -0.25) is 0 Å². The molecule has 2 unspecified atom stereocenters. The van der Waals surface area contributed by atoms with Gasteiger partial charge in [-0.1, -0.05) is 25.2 Å². The van der Waals surface area contributed by atoms with Crippen molar-refractivity contribution in [3.63, 3.8) is 0 Å². The first-order valence-corrected chi connectivity index (χ1v) is 7.31. The smallest absolute Gasteiger partial charge is 0.185 e. The van der Waals surface area contributed by atoms with Crippen molar-refractivity contribution < 1.29 is 9.84 Å². The highest BCUT2D eigenvalue weighted by Crippen LogP contribution is 2.33. The van der Waals surface area contributed by atoms with Crippen molar-refractivity contribution in [2.45, 2.75) is 51.9 Å². The molecule has 2 rings (SSSR count). The third kappa shape index (κ3) is 2.53. The van der Waals surface area contributed by atoms with Gasteiger partial charge in [0.25, 0.3) is 0 Å². The van der Waals surface area contributed by atoms with Gasteiger partial charge < -0.3 is 14.7 Å². The summed E-state index contributed by atoms with van der Waals surface area (Å²) in [7, 11) is 2.07. The number of rotatable bonds is 4. The molecule has 0 amide bonds. The van der Waals surface area contributed by atoms with E-state index in [2.05, 4.69) is 37.7 Å². The normalized spacial score (nSPS) is 23.9. The Morgan fingerprint density at radius 1 is 1.56 bits per heavy atom. The van der Waals surface area contributed by atoms with Crippen LogP contribution in [0.25, 0.3) is 0 Å². The molecule has 18 heavy (non-hydrogen) atoms. The predicted molar refractivity (Wildman–Crippen MR) is 74.3 cm³/mol. The monoisotopic (exact) mass is 270 g/mol. The van der Waals surface area contributed by atoms with Crippen LogP contribution < -0.4 is 4.90 Å². The number of thiazole rings is 1. The summed E-state index contributed by atoms with van der Waals surface area (Å²) >= 11 is 1.59. The lowest BCUT2D eigenvalue weighted by Crippen LogP contribution is -2.36. The van der Waals surface area contributed by atoms with E-state index in [1.807, 2.05) is 0 Å². The number of aromatic nitrogens is 1. The van der Waals surface area contributed by atoms with Crippen LogP contribution in [0, 0.1) is 0 Å². The van der Waals surface area contributed by atoms with Crippen LogP contribution in [0.2, 0.25) is 0 Å². The van der Waals surface area contributed by atoms with Crippen molar-refractivity contribution in [2.24, 2.45) is 0 Å². The molecular weight excluding hydrogens is 248 g/mol. The van der Waals surface area contributed by atoms with Crippen LogP contribution in [0.15, 0.2) is 0 Å². The third-order valence-electron chi connectivity index (χ3n) is 3.54. The van der Waals surface area contributed by atoms with E-state index in [0.717, 1.165) is 28.7 Å². The maximum atomic E-state index is 9.41. The van der Waals surface area contributed by atoms with E-state index in [-0.39, 0.29) is 12.7 Å². The minimum atomic E-state index is 0.0791. The van der Waals surface area contributed by atoms with Gasteiger partial charge in [0, 0.05) is 13.7 Å². The van der Waals surface area contributed by atoms with Crippen LogP contribution >= 0.6 is 11.3 Å². The lowest BCUT2D eigenvalue weighted by Gasteiger charge is -2.26. The number of nitrogens with zero attached hydrogens (tertiary/aromatic N) is 2. The zero-order valence-electron chi connectivity index (χ0n) is 11.5. The van der Waals surface area contributed by atoms with Crippen LogP contribution in [-0.2, 0) is 11.3 Å². The van der Waals surface area contributed by atoms with E-state index >= 15 is 0 Å². The molecule has 0 spiro atoms. The molecule has 1 aromatic heterocycles. The summed E-state index contributed by atoms with van der Waals surface area (Å²) in [5.41, 5.74) is 1.02. The highest BCUT2D eigenvalue weighted by Gasteiger charge is 2.30. The molecule has 1 N–H and O–H groups in total. The number of hydrogen-bond donors (Lipinski definition) is 1. The number of aliphatic hydroxyl groups excluding tert-OH is 1. The maximum Gasteiger partial charge on any atom is 0.185 e. The quantitative estimate of drug-likeness (QED) is 0.912. The average molecular weight is 270 g/mol. The van der Waals surface area contributed by atoms with Crippen molar-refractivity contribution in [2.75, 3.05) is 18.6 Å². The zero-order chi connectivity index (χ0) is 13.3. The molecule has 0 aromatic carbocycles. The Morgan fingerprint density at radius 2 is 2.28 bits per heavy atom. The first-order valence-electron chi connectivity index (χ1n) is 6.49. The summed E-state index contributed by atoms with van der Waals surface area (Å²) in [6.07, 6.45) is 1.29. The molecule has 0 saturated carbocycles. The van der Waals surface area contributed by atoms with E-state index in [1.54, 1.807) is 11.3 Å². The van der Waals surface area contributed by atoms with E-state index in [4.69, 9.17) is 4.74 Å². The van der Waals surface area contributed by atoms with Crippen molar-refractivity contribution in [3.8, 4) is 0 Å². The molecule has 1 aromatic rings. The average Bonchev–Trinajstić information content (AvgIpc) is 2.93. The summed E-state index contributed by atoms with van der Waals surface area (Å²) in [5, 5.41) is 10.4. The fraction of sp³-hybridized carbons (Fsp3) is 0.769. The zero-order valence-corrected chi connectivity index (χ0v) is 12.3. The number of likely N-dealkylation sites (N-methyl/N-ethyl adjacent to an activating group) is 1. The Labute approximate surface area is 113 Å². The van der Waals surface area contributed by atoms with Crippen LogP contribution in [0.5, 0.6) is 0 Å². The Morgan fingerprint density at radius 3 is 2.72 bits per heavy atom. The molecule has 1 saturated heterocycles. The molecule has 1 aliphatic rings. The highest BCUT2D eigenvalue weighted by molar-refractivity contribution is 7.15. The fourth-order valence-electron chi connectivity index (χ4n) is 2.44. The molecule has 5 heteroatoms. The molecule has 0 bridgehead atoms. The molecule has 0 radical (unpaired) electrons. The number of hydrogen-bond acceptors (Lipinski definition) is 5. The van der Waals surface area contributed by atoms with Gasteiger partial charge in [0.15, 0.2) is 5.13 Å². The van der Waals surface area contributed by atoms with Crippen LogP contribution in [-0.4, -0.2) is 35.9 Å². The molecule has 4 nitrogen and oxygen atoms in total. The predicted octanol–water partition coefficient (Wildman–Crippen LogP) is 2.37. The van der Waals surface area contributed by atoms with Crippen LogP contribution in [0.1, 0.15) is 43.7 Å². The molecule has 1 aliphatic heterocycles. The van der Waals surface area contributed by atoms with E-state index in [9.17, 15) is 5.11 Å². The highest BCUT2D eigenvalue weighted by atomic mass is 32.1. The SMILES string of the molecule is CC(C)c1nc(N(C)C2CCOC2C)sc1CO. The van der Waals surface area contributed by atoms with Crippen LogP contribution in [0.4, 0.5) is 5.13 Å². The topological polar surface area (TPSA) is 45.6 Å². The Hall–Kier alpha value is -0.650. The second-order valence-corrected chi connectivity index (χ2v) is 6.22. The Kier molecular flexibility index (Phi) is 4.25. The van der Waals surface area contributed by atoms with Gasteiger partial charge in [0.05, 0.1) is 29.3 Å². The molecule has 0 aliphatic carbocycles. The summed E-state index contributed by atoms with van der Waals surface area (Å²) in [5.74, 6) is 0.350. The van der Waals surface area contributed by atoms with Gasteiger partial charge in [-0.25, -0.2) is 4.98 Å². The maximum absolute atomic E-state index is 9.41. The van der Waals surface area contributed by atoms with E-state index in [0.29, 0.717) is 12.0 Å². The minimum Gasteiger partial charge on any atom is -0.391 e. The van der Waals surface area contributed by atoms with Crippen molar-refractivity contribution in [1.29, 1.82) is 0 Å². The van der Waals surface area contributed by atoms with Crippen LogP contribution in [0.3, 0.4) is 0 Å². The van der Waals surface area contributed by atoms with Gasteiger partial charge in [0.1, 0.15) is 0 Å². The second-order valence-electron chi connectivity index (χ2n) is 5.16. The van der Waals surface area contributed by atoms with Gasteiger partial charge in [-0.15, -0.1) is 0 Å². The van der Waals surface area contributed by atoms with Gasteiger partial charge in [0.2, 0.25) is 0 Å². The van der Waals surface area contributed by atoms with Crippen molar-refractivity contribution in [1.82, 2.24) is 4.98 Å². The van der Waals surface area contributed by atoms with Gasteiger partial charge in [-0.05, 0) is 19.3 Å². The van der Waals surface area contributed by atoms with Gasteiger partial charge in [-0.2, -0.15) is 0 Å². The first kappa shape index (κ1) is 13.8. The molecule has 2 atom stereocenters. The number of ether oxygens (including phenoxy) is 1. The molecular formula is C13H22N2O2S. The number of anilines is 1. The Bertz CT molecular complexity index is 406. The van der Waals surface area contributed by atoms with E-state index in [1.165, 1.54) is 0 Å². The van der Waals surface area contributed by atoms with Gasteiger partial charge >= 0.3 is 0 Å².